The molecule has 8 nitrogen and oxygen atoms in total. The van der Waals surface area contributed by atoms with E-state index in [0.29, 0.717) is 0 Å². The predicted molar refractivity (Wildman–Crippen MR) is 12.3 cm³/mol. The third-order valence-electron chi connectivity index (χ3n) is 0. The first-order valence-electron chi connectivity index (χ1n) is 1.43. The Morgan fingerprint density at radius 3 is 1.09 bits per heavy atom. The van der Waals surface area contributed by atoms with Gasteiger partial charge in [-0.25, -0.2) is 0 Å². The molecule has 0 aromatic rings. The summed E-state index contributed by atoms with van der Waals surface area (Å²) < 4.78 is 66.3. The van der Waals surface area contributed by atoms with Gasteiger partial charge in [0.2, 0.25) is 0 Å². The van der Waals surface area contributed by atoms with Gasteiger partial charge in [-0.05, 0) is 0 Å². The molecule has 0 aromatic heterocycles. The van der Waals surface area contributed by atoms with Gasteiger partial charge in [0, 0.05) is 17.1 Å². The molecule has 11 heavy (non-hydrogen) atoms. The first-order valence-corrected chi connectivity index (χ1v) is 6.67. The zero-order valence-electron chi connectivity index (χ0n) is 4.50. The van der Waals surface area contributed by atoms with E-state index in [-0.39, 0.29) is 17.1 Å². The zero-order valence-corrected chi connectivity index (χ0v) is 8.59. The summed E-state index contributed by atoms with van der Waals surface area (Å²) in [4.78, 5) is 0. The third kappa shape index (κ3) is 1280. The second-order valence-corrected chi connectivity index (χ2v) is 4.17. The van der Waals surface area contributed by atoms with Gasteiger partial charge in [0.15, 0.2) is 0 Å². The number of rotatable bonds is 0. The summed E-state index contributed by atoms with van der Waals surface area (Å²) in [7, 11) is 0. The maximum absolute atomic E-state index is 8.82. The quantitative estimate of drug-likeness (QED) is 0.418. The standard InChI is InChI=1S/AsH3O4.Cr.Cu.2H2O.2O/c2-1(3,4)5;;;;;;/h(H3,2,3,4,5);;;2*1H2;;/q;+2;;;;;/p-5. The van der Waals surface area contributed by atoms with Crippen molar-refractivity contribution in [3.63, 3.8) is 0 Å². The minimum absolute atomic E-state index is 0. The monoisotopic (exact) mass is 320 g/mol. The van der Waals surface area contributed by atoms with Crippen molar-refractivity contribution in [1.29, 1.82) is 0 Å². The molecule has 2 N–H and O–H groups in total. The van der Waals surface area contributed by atoms with Crippen molar-refractivity contribution in [2.75, 3.05) is 0 Å². The number of hydrogen-bond donors (Lipinski definition) is 2. The molecule has 1 radical (unpaired) electrons. The molecular formula is H2AsCrCuO8-3. The van der Waals surface area contributed by atoms with E-state index in [1.165, 1.54) is 0 Å². The molecule has 0 unspecified atom stereocenters. The van der Waals surface area contributed by atoms with Crippen LogP contribution in [0.1, 0.15) is 0 Å². The molecule has 0 atom stereocenters. The van der Waals surface area contributed by atoms with Crippen molar-refractivity contribution in [2.24, 2.45) is 0 Å². The van der Waals surface area contributed by atoms with Crippen LogP contribution in [0.25, 0.3) is 0 Å². The van der Waals surface area contributed by atoms with Crippen LogP contribution in [-0.2, 0) is 42.0 Å². The van der Waals surface area contributed by atoms with Crippen molar-refractivity contribution in [2.45, 2.75) is 0 Å². The molecule has 0 fully saturated rings. The Morgan fingerprint density at radius 1 is 1.09 bits per heavy atom. The molecule has 0 rings (SSSR count). The van der Waals surface area contributed by atoms with Gasteiger partial charge >= 0.3 is 60.1 Å². The van der Waals surface area contributed by atoms with Gasteiger partial charge < -0.3 is 0 Å². The maximum atomic E-state index is 8.82. The second kappa shape index (κ2) is 6.34. The van der Waals surface area contributed by atoms with Gasteiger partial charge in [0.25, 0.3) is 0 Å². The second-order valence-electron chi connectivity index (χ2n) is 0.895. The van der Waals surface area contributed by atoms with Crippen molar-refractivity contribution < 1.29 is 62.6 Å². The van der Waals surface area contributed by atoms with Crippen molar-refractivity contribution >= 4 is 14.5 Å². The molecule has 0 aromatic carbocycles. The van der Waals surface area contributed by atoms with Crippen LogP contribution < -0.4 is 12.3 Å². The molecule has 0 spiro atoms. The Labute approximate surface area is 77.1 Å². The van der Waals surface area contributed by atoms with E-state index >= 15 is 0 Å². The minimum atomic E-state index is -5.88. The van der Waals surface area contributed by atoms with E-state index in [1.807, 2.05) is 0 Å². The van der Waals surface area contributed by atoms with Crippen LogP contribution in [-0.4, -0.2) is 22.8 Å². The van der Waals surface area contributed by atoms with E-state index in [9.17, 15) is 0 Å². The van der Waals surface area contributed by atoms with E-state index in [4.69, 9.17) is 31.9 Å². The van der Waals surface area contributed by atoms with Gasteiger partial charge in [0.1, 0.15) is 0 Å². The molecular weight excluding hydrogens is 318 g/mol. The van der Waals surface area contributed by atoms with Crippen LogP contribution in [0, 0.1) is 0 Å². The van der Waals surface area contributed by atoms with Crippen LogP contribution in [0.2, 0.25) is 0 Å². The van der Waals surface area contributed by atoms with Crippen LogP contribution in [0.4, 0.5) is 0 Å². The average Bonchev–Trinajstić information content (AvgIpc) is 1.12. The SMILES string of the molecule is O=[As]([O-])([O-])[O-].[Cu].[O]=[Cr](=[O])([OH])[OH]. The molecule has 0 aliphatic carbocycles. The predicted octanol–water partition coefficient (Wildman–Crippen LogP) is -5.42. The summed E-state index contributed by atoms with van der Waals surface area (Å²) >= 11 is -11.1. The molecule has 0 saturated carbocycles. The fourth-order valence-corrected chi connectivity index (χ4v) is 0. The normalized spacial score (nSPS) is 10.6. The van der Waals surface area contributed by atoms with E-state index in [1.54, 1.807) is 0 Å². The van der Waals surface area contributed by atoms with Crippen molar-refractivity contribution in [3.05, 3.63) is 0 Å². The summed E-state index contributed by atoms with van der Waals surface area (Å²) in [6, 6.07) is 0. The summed E-state index contributed by atoms with van der Waals surface area (Å²) in [6.45, 7) is 0. The van der Waals surface area contributed by atoms with Crippen molar-refractivity contribution in [1.82, 2.24) is 0 Å². The topological polar surface area (TPSA) is 161 Å². The van der Waals surface area contributed by atoms with Crippen molar-refractivity contribution in [3.8, 4) is 0 Å². The Balaban J connectivity index is -0.000000107. The summed E-state index contributed by atoms with van der Waals surface area (Å²) in [6.07, 6.45) is 0. The molecule has 11 heteroatoms. The Kier molecular flexibility index (Phi) is 10.2. The van der Waals surface area contributed by atoms with Crippen LogP contribution >= 0.6 is 0 Å². The van der Waals surface area contributed by atoms with Gasteiger partial charge in [-0.2, -0.15) is 0 Å². The molecule has 0 aliphatic rings. The Hall–Kier alpha value is 0.810. The van der Waals surface area contributed by atoms with E-state index < -0.39 is 28.1 Å². The summed E-state index contributed by atoms with van der Waals surface area (Å²) in [5, 5.41) is 0. The van der Waals surface area contributed by atoms with Crippen LogP contribution in [0.15, 0.2) is 0 Å². The molecule has 0 bridgehead atoms. The summed E-state index contributed by atoms with van der Waals surface area (Å²) in [5.74, 6) is 0. The molecule has 0 saturated heterocycles. The van der Waals surface area contributed by atoms with Gasteiger partial charge in [-0.1, -0.05) is 0 Å². The fraction of sp³-hybridized carbons (Fsp3) is 0. The molecule has 0 amide bonds. The Bertz CT molecular complexity index is 192. The van der Waals surface area contributed by atoms with Crippen LogP contribution in [0.5, 0.6) is 0 Å². The Morgan fingerprint density at radius 2 is 1.09 bits per heavy atom. The fourth-order valence-electron chi connectivity index (χ4n) is 0. The summed E-state index contributed by atoms with van der Waals surface area (Å²) in [5.41, 5.74) is 0. The van der Waals surface area contributed by atoms with Gasteiger partial charge in [-0.3, -0.25) is 0 Å². The molecule has 0 aliphatic heterocycles. The first-order chi connectivity index (χ1) is 4.00. The van der Waals surface area contributed by atoms with E-state index in [0.717, 1.165) is 0 Å². The average molecular weight is 320 g/mol. The van der Waals surface area contributed by atoms with Gasteiger partial charge in [0.05, 0.1) is 0 Å². The van der Waals surface area contributed by atoms with Gasteiger partial charge in [-0.15, -0.1) is 0 Å². The zero-order chi connectivity index (χ0) is 9.00. The first kappa shape index (κ1) is 17.8. The molecule has 0 heterocycles. The van der Waals surface area contributed by atoms with E-state index in [2.05, 4.69) is 0 Å². The van der Waals surface area contributed by atoms with Crippen LogP contribution in [0.3, 0.4) is 0 Å². The third-order valence-corrected chi connectivity index (χ3v) is 0. The number of hydrogen-bond acceptors (Lipinski definition) is 6. The molecule has 75 valence electrons.